The highest BCUT2D eigenvalue weighted by molar-refractivity contribution is 5.98. The molecule has 2 aromatic rings. The van der Waals surface area contributed by atoms with Crippen LogP contribution in [0.3, 0.4) is 0 Å². The summed E-state index contributed by atoms with van der Waals surface area (Å²) in [7, 11) is 1.56. The lowest BCUT2D eigenvalue weighted by Crippen LogP contribution is -2.43. The molecular formula is C20H23FN4O2. The number of halogens is 1. The van der Waals surface area contributed by atoms with Crippen LogP contribution < -0.4 is 10.5 Å². The summed E-state index contributed by atoms with van der Waals surface area (Å²) < 4.78 is 20.6. The van der Waals surface area contributed by atoms with Crippen LogP contribution in [0.1, 0.15) is 53.3 Å². The molecule has 4 rings (SSSR count). The van der Waals surface area contributed by atoms with E-state index in [1.54, 1.807) is 36.3 Å². The lowest BCUT2D eigenvalue weighted by atomic mass is 9.86. The summed E-state index contributed by atoms with van der Waals surface area (Å²) in [5.74, 6) is 1.69. The molecule has 0 radical (unpaired) electrons. The Morgan fingerprint density at radius 2 is 2.07 bits per heavy atom. The molecule has 142 valence electrons. The zero-order chi connectivity index (χ0) is 19.0. The van der Waals surface area contributed by atoms with Crippen molar-refractivity contribution in [2.24, 2.45) is 0 Å². The zero-order valence-electron chi connectivity index (χ0n) is 15.3. The molecule has 0 bridgehead atoms. The molecule has 7 heteroatoms. The Morgan fingerprint density at radius 1 is 1.33 bits per heavy atom. The highest BCUT2D eigenvalue weighted by Crippen LogP contribution is 2.39. The maximum atomic E-state index is 15.4. The van der Waals surface area contributed by atoms with Crippen LogP contribution in [0.5, 0.6) is 5.75 Å². The number of aromatic nitrogens is 2. The Hall–Kier alpha value is -2.70. The van der Waals surface area contributed by atoms with Crippen molar-refractivity contribution in [3.05, 3.63) is 47.4 Å². The molecule has 0 spiro atoms. The van der Waals surface area contributed by atoms with Gasteiger partial charge in [-0.15, -0.1) is 0 Å². The molecule has 27 heavy (non-hydrogen) atoms. The fourth-order valence-corrected chi connectivity index (χ4v) is 3.54. The number of nitrogens with zero attached hydrogens (tertiary/aromatic N) is 3. The first-order valence-corrected chi connectivity index (χ1v) is 9.25. The van der Waals surface area contributed by atoms with Gasteiger partial charge < -0.3 is 15.4 Å². The standard InChI is InChI=1S/C20H23FN4O2/c1-27-15-4-2-3-14(11-15)20(21)7-9-25(10-8-20)19(26)16-12-23-18(13-5-6-13)24-17(16)22/h2-4,11-13H,5-10H2,1H3,(H2,22,23,24). The summed E-state index contributed by atoms with van der Waals surface area (Å²) in [6.45, 7) is 0.632. The van der Waals surface area contributed by atoms with Crippen LogP contribution in [0.2, 0.25) is 0 Å². The van der Waals surface area contributed by atoms with Gasteiger partial charge in [-0.3, -0.25) is 4.79 Å². The predicted molar refractivity (Wildman–Crippen MR) is 99.3 cm³/mol. The number of likely N-dealkylation sites (tertiary alicyclic amines) is 1. The summed E-state index contributed by atoms with van der Waals surface area (Å²) in [5, 5.41) is 0. The van der Waals surface area contributed by atoms with Gasteiger partial charge >= 0.3 is 0 Å². The molecule has 1 amide bonds. The van der Waals surface area contributed by atoms with Gasteiger partial charge in [0.05, 0.1) is 7.11 Å². The first kappa shape index (κ1) is 17.7. The average Bonchev–Trinajstić information content (AvgIpc) is 3.53. The fourth-order valence-electron chi connectivity index (χ4n) is 3.54. The predicted octanol–water partition coefficient (Wildman–Crippen LogP) is 3.05. The third-order valence-corrected chi connectivity index (χ3v) is 5.44. The largest absolute Gasteiger partial charge is 0.497 e. The van der Waals surface area contributed by atoms with Gasteiger partial charge in [-0.2, -0.15) is 0 Å². The van der Waals surface area contributed by atoms with Crippen molar-refractivity contribution in [3.63, 3.8) is 0 Å². The van der Waals surface area contributed by atoms with Crippen molar-refractivity contribution in [2.45, 2.75) is 37.3 Å². The van der Waals surface area contributed by atoms with Gasteiger partial charge in [0, 0.05) is 38.0 Å². The molecule has 2 N–H and O–H groups in total. The van der Waals surface area contributed by atoms with E-state index >= 15 is 4.39 Å². The topological polar surface area (TPSA) is 81.3 Å². The SMILES string of the molecule is COc1cccc(C2(F)CCN(C(=O)c3cnc(C4CC4)nc3N)CC2)c1. The van der Waals surface area contributed by atoms with Crippen LogP contribution in [0, 0.1) is 0 Å². The molecule has 0 unspecified atom stereocenters. The van der Waals surface area contributed by atoms with Gasteiger partial charge in [-0.25, -0.2) is 14.4 Å². The van der Waals surface area contributed by atoms with Crippen molar-refractivity contribution < 1.29 is 13.9 Å². The Morgan fingerprint density at radius 3 is 2.70 bits per heavy atom. The number of benzene rings is 1. The minimum absolute atomic E-state index is 0.210. The number of nitrogen functional groups attached to an aromatic ring is 1. The first-order valence-electron chi connectivity index (χ1n) is 9.25. The van der Waals surface area contributed by atoms with Gasteiger partial charge in [0.1, 0.15) is 28.6 Å². The number of rotatable bonds is 4. The van der Waals surface area contributed by atoms with Gasteiger partial charge in [0.2, 0.25) is 0 Å². The maximum Gasteiger partial charge on any atom is 0.259 e. The van der Waals surface area contributed by atoms with E-state index < -0.39 is 5.67 Å². The number of alkyl halides is 1. The van der Waals surface area contributed by atoms with Crippen LogP contribution in [0.4, 0.5) is 10.2 Å². The molecule has 2 heterocycles. The summed E-state index contributed by atoms with van der Waals surface area (Å²) in [5.41, 5.74) is 5.40. The number of carbonyl (C=O) groups is 1. The summed E-state index contributed by atoms with van der Waals surface area (Å²) in [6, 6.07) is 7.06. The van der Waals surface area contributed by atoms with Crippen LogP contribution >= 0.6 is 0 Å². The summed E-state index contributed by atoms with van der Waals surface area (Å²) in [6.07, 6.45) is 4.11. The molecular weight excluding hydrogens is 347 g/mol. The molecule has 0 atom stereocenters. The second-order valence-electron chi connectivity index (χ2n) is 7.29. The highest BCUT2D eigenvalue weighted by atomic mass is 19.1. The van der Waals surface area contributed by atoms with Crippen LogP contribution in [0.25, 0.3) is 0 Å². The van der Waals surface area contributed by atoms with E-state index in [1.807, 2.05) is 0 Å². The Labute approximate surface area is 157 Å². The molecule has 1 aliphatic heterocycles. The Bertz CT molecular complexity index is 861. The number of piperidine rings is 1. The van der Waals surface area contributed by atoms with Crippen LogP contribution in [-0.2, 0) is 5.67 Å². The number of methoxy groups -OCH3 is 1. The van der Waals surface area contributed by atoms with Gasteiger partial charge in [0.25, 0.3) is 5.91 Å². The zero-order valence-corrected chi connectivity index (χ0v) is 15.3. The third kappa shape index (κ3) is 3.46. The van der Waals surface area contributed by atoms with E-state index in [0.29, 0.717) is 41.7 Å². The van der Waals surface area contributed by atoms with Gasteiger partial charge in [-0.05, 0) is 30.5 Å². The van der Waals surface area contributed by atoms with Crippen LogP contribution in [-0.4, -0.2) is 41.0 Å². The third-order valence-electron chi connectivity index (χ3n) is 5.44. The summed E-state index contributed by atoms with van der Waals surface area (Å²) >= 11 is 0. The monoisotopic (exact) mass is 370 g/mol. The minimum atomic E-state index is -1.47. The number of amides is 1. The molecule has 1 aromatic carbocycles. The quantitative estimate of drug-likeness (QED) is 0.895. The Balaban J connectivity index is 1.46. The smallest absolute Gasteiger partial charge is 0.259 e. The second-order valence-corrected chi connectivity index (χ2v) is 7.29. The van der Waals surface area contributed by atoms with E-state index in [4.69, 9.17) is 10.5 Å². The van der Waals surface area contributed by atoms with E-state index in [2.05, 4.69) is 9.97 Å². The normalized spacial score (nSPS) is 19.0. The molecule has 1 saturated heterocycles. The fraction of sp³-hybridized carbons (Fsp3) is 0.450. The van der Waals surface area contributed by atoms with Gasteiger partial charge in [-0.1, -0.05) is 12.1 Å². The molecule has 6 nitrogen and oxygen atoms in total. The number of hydrogen-bond donors (Lipinski definition) is 1. The number of nitrogens with two attached hydrogens (primary N) is 1. The Kier molecular flexibility index (Phi) is 4.45. The van der Waals surface area contributed by atoms with E-state index in [1.165, 1.54) is 6.20 Å². The number of ether oxygens (including phenoxy) is 1. The maximum absolute atomic E-state index is 15.4. The number of anilines is 1. The van der Waals surface area contributed by atoms with Gasteiger partial charge in [0.15, 0.2) is 0 Å². The molecule has 1 aliphatic carbocycles. The molecule has 2 fully saturated rings. The van der Waals surface area contributed by atoms with Crippen molar-refractivity contribution >= 4 is 11.7 Å². The van der Waals surface area contributed by atoms with Crippen molar-refractivity contribution in [2.75, 3.05) is 25.9 Å². The van der Waals surface area contributed by atoms with Crippen LogP contribution in [0.15, 0.2) is 30.5 Å². The van der Waals surface area contributed by atoms with E-state index in [-0.39, 0.29) is 24.6 Å². The number of carbonyl (C=O) groups excluding carboxylic acids is 1. The minimum Gasteiger partial charge on any atom is -0.497 e. The molecule has 1 aromatic heterocycles. The molecule has 2 aliphatic rings. The number of hydrogen-bond acceptors (Lipinski definition) is 5. The van der Waals surface area contributed by atoms with Crippen molar-refractivity contribution in [3.8, 4) is 5.75 Å². The van der Waals surface area contributed by atoms with E-state index in [0.717, 1.165) is 12.8 Å². The van der Waals surface area contributed by atoms with Crippen molar-refractivity contribution in [1.82, 2.24) is 14.9 Å². The second kappa shape index (κ2) is 6.79. The first-order chi connectivity index (χ1) is 13.0. The lowest BCUT2D eigenvalue weighted by molar-refractivity contribution is 0.0420. The molecule has 1 saturated carbocycles. The lowest BCUT2D eigenvalue weighted by Gasteiger charge is -2.36. The summed E-state index contributed by atoms with van der Waals surface area (Å²) in [4.78, 5) is 23.0. The van der Waals surface area contributed by atoms with E-state index in [9.17, 15) is 4.79 Å². The average molecular weight is 370 g/mol. The highest BCUT2D eigenvalue weighted by Gasteiger charge is 2.38. The van der Waals surface area contributed by atoms with Crippen molar-refractivity contribution in [1.29, 1.82) is 0 Å².